The van der Waals surface area contributed by atoms with Crippen molar-refractivity contribution in [3.63, 3.8) is 0 Å². The zero-order valence-electron chi connectivity index (χ0n) is 10.2. The van der Waals surface area contributed by atoms with Gasteiger partial charge in [0.05, 0.1) is 5.02 Å². The van der Waals surface area contributed by atoms with Crippen molar-refractivity contribution in [2.75, 3.05) is 7.05 Å². The molecule has 2 rings (SSSR count). The van der Waals surface area contributed by atoms with Crippen LogP contribution in [0.1, 0.15) is 5.56 Å². The Bertz CT molecular complexity index is 590. The summed E-state index contributed by atoms with van der Waals surface area (Å²) in [6, 6.07) is 9.60. The average molecular weight is 300 g/mol. The van der Waals surface area contributed by atoms with Gasteiger partial charge in [0.15, 0.2) is 0 Å². The molecule has 2 nitrogen and oxygen atoms in total. The fraction of sp³-hybridized carbons (Fsp3) is 0.143. The normalized spacial score (nSPS) is 10.5. The molecule has 0 bridgehead atoms. The first kappa shape index (κ1) is 14.1. The first-order valence-electron chi connectivity index (χ1n) is 5.66. The number of benzene rings is 2. The molecular formula is C14H12Cl2FNO. The Morgan fingerprint density at radius 2 is 1.95 bits per heavy atom. The van der Waals surface area contributed by atoms with Crippen LogP contribution in [0.25, 0.3) is 0 Å². The van der Waals surface area contributed by atoms with Crippen molar-refractivity contribution in [2.45, 2.75) is 6.54 Å². The van der Waals surface area contributed by atoms with Crippen molar-refractivity contribution >= 4 is 23.2 Å². The Morgan fingerprint density at radius 1 is 1.16 bits per heavy atom. The van der Waals surface area contributed by atoms with E-state index in [2.05, 4.69) is 5.32 Å². The molecule has 0 saturated heterocycles. The third kappa shape index (κ3) is 3.60. The maximum Gasteiger partial charge on any atom is 0.145 e. The van der Waals surface area contributed by atoms with E-state index in [9.17, 15) is 4.39 Å². The molecule has 0 atom stereocenters. The number of hydrogen-bond donors (Lipinski definition) is 1. The first-order chi connectivity index (χ1) is 9.10. The van der Waals surface area contributed by atoms with Crippen LogP contribution >= 0.6 is 23.2 Å². The van der Waals surface area contributed by atoms with Gasteiger partial charge in [-0.1, -0.05) is 23.2 Å². The summed E-state index contributed by atoms with van der Waals surface area (Å²) in [5, 5.41) is 3.72. The number of rotatable bonds is 4. The van der Waals surface area contributed by atoms with Crippen molar-refractivity contribution < 1.29 is 9.13 Å². The summed E-state index contributed by atoms with van der Waals surface area (Å²) in [6.45, 7) is 0.603. The topological polar surface area (TPSA) is 21.3 Å². The Morgan fingerprint density at radius 3 is 2.63 bits per heavy atom. The smallest absolute Gasteiger partial charge is 0.145 e. The molecule has 1 N–H and O–H groups in total. The van der Waals surface area contributed by atoms with Gasteiger partial charge in [0.1, 0.15) is 17.3 Å². The largest absolute Gasteiger partial charge is 0.457 e. The van der Waals surface area contributed by atoms with E-state index in [0.29, 0.717) is 23.1 Å². The van der Waals surface area contributed by atoms with Gasteiger partial charge in [-0.2, -0.15) is 0 Å². The van der Waals surface area contributed by atoms with Crippen molar-refractivity contribution in [1.29, 1.82) is 0 Å². The van der Waals surface area contributed by atoms with Crippen molar-refractivity contribution in [3.8, 4) is 11.5 Å². The Labute approximate surface area is 121 Å². The quantitative estimate of drug-likeness (QED) is 0.888. The van der Waals surface area contributed by atoms with Gasteiger partial charge in [-0.25, -0.2) is 4.39 Å². The molecule has 0 saturated carbocycles. The third-order valence-corrected chi connectivity index (χ3v) is 3.05. The van der Waals surface area contributed by atoms with Crippen LogP contribution in [0.5, 0.6) is 11.5 Å². The molecule has 5 heteroatoms. The van der Waals surface area contributed by atoms with Crippen molar-refractivity contribution in [1.82, 2.24) is 5.32 Å². The zero-order chi connectivity index (χ0) is 13.8. The van der Waals surface area contributed by atoms with Gasteiger partial charge in [0, 0.05) is 23.2 Å². The predicted molar refractivity (Wildman–Crippen MR) is 75.7 cm³/mol. The average Bonchev–Trinajstić information content (AvgIpc) is 2.37. The second-order valence-corrected chi connectivity index (χ2v) is 4.80. The van der Waals surface area contributed by atoms with Crippen LogP contribution in [-0.4, -0.2) is 7.05 Å². The van der Waals surface area contributed by atoms with E-state index in [1.54, 1.807) is 24.3 Å². The predicted octanol–water partition coefficient (Wildman–Crippen LogP) is 4.64. The van der Waals surface area contributed by atoms with Crippen LogP contribution in [0.4, 0.5) is 4.39 Å². The Kier molecular flexibility index (Phi) is 4.64. The fourth-order valence-corrected chi connectivity index (χ4v) is 1.96. The molecule has 2 aromatic rings. The number of halogens is 3. The van der Waals surface area contributed by atoms with Gasteiger partial charge in [0.25, 0.3) is 0 Å². The first-order valence-corrected chi connectivity index (χ1v) is 6.41. The van der Waals surface area contributed by atoms with E-state index in [1.165, 1.54) is 12.1 Å². The molecule has 0 amide bonds. The molecule has 0 fully saturated rings. The van der Waals surface area contributed by atoms with Gasteiger partial charge in [-0.15, -0.1) is 0 Å². The minimum absolute atomic E-state index is 0.0684. The summed E-state index contributed by atoms with van der Waals surface area (Å²) >= 11 is 11.6. The summed E-state index contributed by atoms with van der Waals surface area (Å²) in [7, 11) is 1.83. The van der Waals surface area contributed by atoms with Gasteiger partial charge in [-0.05, 0) is 37.4 Å². The number of ether oxygens (including phenoxy) is 1. The molecule has 19 heavy (non-hydrogen) atoms. The van der Waals surface area contributed by atoms with E-state index in [0.717, 1.165) is 5.56 Å². The lowest BCUT2D eigenvalue weighted by Gasteiger charge is -2.11. The van der Waals surface area contributed by atoms with Gasteiger partial charge < -0.3 is 10.1 Å². The second-order valence-electron chi connectivity index (χ2n) is 3.96. The monoisotopic (exact) mass is 299 g/mol. The number of hydrogen-bond acceptors (Lipinski definition) is 2. The minimum atomic E-state index is -0.511. The minimum Gasteiger partial charge on any atom is -0.457 e. The zero-order valence-corrected chi connectivity index (χ0v) is 11.7. The molecule has 0 aliphatic carbocycles. The highest BCUT2D eigenvalue weighted by atomic mass is 35.5. The second kappa shape index (κ2) is 6.24. The van der Waals surface area contributed by atoms with Crippen LogP contribution in [0, 0.1) is 5.82 Å². The molecule has 0 aliphatic rings. The lowest BCUT2D eigenvalue weighted by Crippen LogP contribution is -2.06. The van der Waals surface area contributed by atoms with E-state index < -0.39 is 5.82 Å². The van der Waals surface area contributed by atoms with Crippen LogP contribution < -0.4 is 10.1 Å². The standard InChI is InChI=1S/C14H12Cl2FNO/c1-18-8-9-6-10(15)2-5-14(9)19-11-3-4-12(16)13(17)7-11/h2-7,18H,8H2,1H3. The van der Waals surface area contributed by atoms with Crippen molar-refractivity contribution in [3.05, 3.63) is 57.8 Å². The lowest BCUT2D eigenvalue weighted by atomic mass is 10.2. The maximum absolute atomic E-state index is 13.3. The molecule has 0 aliphatic heterocycles. The summed E-state index contributed by atoms with van der Waals surface area (Å²) in [6.07, 6.45) is 0. The van der Waals surface area contributed by atoms with E-state index in [4.69, 9.17) is 27.9 Å². The molecular weight excluding hydrogens is 288 g/mol. The highest BCUT2D eigenvalue weighted by Crippen LogP contribution is 2.29. The maximum atomic E-state index is 13.3. The van der Waals surface area contributed by atoms with E-state index in [1.807, 2.05) is 7.05 Å². The molecule has 100 valence electrons. The van der Waals surface area contributed by atoms with E-state index in [-0.39, 0.29) is 5.02 Å². The van der Waals surface area contributed by atoms with Crippen LogP contribution in [-0.2, 0) is 6.54 Å². The molecule has 0 aromatic heterocycles. The molecule has 0 radical (unpaired) electrons. The van der Waals surface area contributed by atoms with Crippen LogP contribution in [0.2, 0.25) is 10.0 Å². The van der Waals surface area contributed by atoms with Crippen LogP contribution in [0.15, 0.2) is 36.4 Å². The lowest BCUT2D eigenvalue weighted by molar-refractivity contribution is 0.469. The summed E-state index contributed by atoms with van der Waals surface area (Å²) < 4.78 is 19.0. The van der Waals surface area contributed by atoms with Gasteiger partial charge >= 0.3 is 0 Å². The molecule has 0 spiro atoms. The van der Waals surface area contributed by atoms with Crippen LogP contribution in [0.3, 0.4) is 0 Å². The molecule has 0 heterocycles. The summed E-state index contributed by atoms with van der Waals surface area (Å²) in [5.41, 5.74) is 0.894. The highest BCUT2D eigenvalue weighted by Gasteiger charge is 2.07. The van der Waals surface area contributed by atoms with E-state index >= 15 is 0 Å². The van der Waals surface area contributed by atoms with Gasteiger partial charge in [0.2, 0.25) is 0 Å². The van der Waals surface area contributed by atoms with Crippen molar-refractivity contribution in [2.24, 2.45) is 0 Å². The summed E-state index contributed by atoms with van der Waals surface area (Å²) in [5.74, 6) is 0.505. The fourth-order valence-electron chi connectivity index (χ4n) is 1.64. The third-order valence-electron chi connectivity index (χ3n) is 2.51. The SMILES string of the molecule is CNCc1cc(Cl)ccc1Oc1ccc(Cl)c(F)c1. The Balaban J connectivity index is 2.29. The molecule has 2 aromatic carbocycles. The molecule has 0 unspecified atom stereocenters. The van der Waals surface area contributed by atoms with Gasteiger partial charge in [-0.3, -0.25) is 0 Å². The number of nitrogens with one attached hydrogen (secondary N) is 1. The summed E-state index contributed by atoms with van der Waals surface area (Å²) in [4.78, 5) is 0. The highest BCUT2D eigenvalue weighted by molar-refractivity contribution is 6.31. The Hall–Kier alpha value is -1.29.